The molecule has 3 atom stereocenters. The van der Waals surface area contributed by atoms with Crippen molar-refractivity contribution < 1.29 is 4.79 Å². The number of nitrogens with zero attached hydrogens (tertiary/aromatic N) is 2. The molecule has 1 amide bonds. The van der Waals surface area contributed by atoms with Gasteiger partial charge in [-0.1, -0.05) is 12.2 Å². The van der Waals surface area contributed by atoms with E-state index in [9.17, 15) is 4.79 Å². The summed E-state index contributed by atoms with van der Waals surface area (Å²) in [5.74, 6) is 1.36. The van der Waals surface area contributed by atoms with Crippen LogP contribution in [0.5, 0.6) is 0 Å². The maximum Gasteiger partial charge on any atom is 0.228 e. The first kappa shape index (κ1) is 12.4. The lowest BCUT2D eigenvalue weighted by Gasteiger charge is -2.17. The number of anilines is 1. The Morgan fingerprint density at radius 2 is 2.05 bits per heavy atom. The molecular formula is C17H17N3O. The van der Waals surface area contributed by atoms with Crippen molar-refractivity contribution in [3.05, 3.63) is 54.9 Å². The van der Waals surface area contributed by atoms with Crippen LogP contribution < -0.4 is 5.32 Å². The van der Waals surface area contributed by atoms with Crippen LogP contribution in [0.2, 0.25) is 0 Å². The number of carbonyl (C=O) groups is 1. The molecule has 1 aromatic carbocycles. The van der Waals surface area contributed by atoms with Crippen LogP contribution in [0, 0.1) is 17.8 Å². The molecule has 2 bridgehead atoms. The molecule has 2 aliphatic rings. The lowest BCUT2D eigenvalue weighted by atomic mass is 9.93. The first-order valence-electron chi connectivity index (χ1n) is 7.39. The second-order valence-corrected chi connectivity index (χ2v) is 5.87. The van der Waals surface area contributed by atoms with Gasteiger partial charge in [-0.25, -0.2) is 4.68 Å². The number of hydrogen-bond acceptors (Lipinski definition) is 2. The molecule has 1 heterocycles. The zero-order valence-electron chi connectivity index (χ0n) is 11.6. The second-order valence-electron chi connectivity index (χ2n) is 5.87. The molecule has 0 aliphatic heterocycles. The number of allylic oxidation sites excluding steroid dienone is 2. The van der Waals surface area contributed by atoms with Gasteiger partial charge in [0.15, 0.2) is 0 Å². The minimum Gasteiger partial charge on any atom is -0.326 e. The maximum atomic E-state index is 12.4. The Hall–Kier alpha value is -2.36. The molecule has 21 heavy (non-hydrogen) atoms. The quantitative estimate of drug-likeness (QED) is 0.878. The molecular weight excluding hydrogens is 262 g/mol. The highest BCUT2D eigenvalue weighted by Gasteiger charge is 2.39. The molecule has 1 saturated carbocycles. The van der Waals surface area contributed by atoms with Crippen molar-refractivity contribution in [2.75, 3.05) is 5.32 Å². The molecule has 4 heteroatoms. The third kappa shape index (κ3) is 2.27. The Kier molecular flexibility index (Phi) is 2.88. The van der Waals surface area contributed by atoms with E-state index in [2.05, 4.69) is 22.6 Å². The van der Waals surface area contributed by atoms with E-state index in [0.717, 1.165) is 24.2 Å². The normalized spacial score (nSPS) is 26.2. The predicted octanol–water partition coefficient (Wildman–Crippen LogP) is 3.02. The molecule has 1 aromatic heterocycles. The summed E-state index contributed by atoms with van der Waals surface area (Å²) in [6.07, 6.45) is 10.3. The van der Waals surface area contributed by atoms with Crippen molar-refractivity contribution >= 4 is 11.6 Å². The van der Waals surface area contributed by atoms with Gasteiger partial charge in [0.05, 0.1) is 5.69 Å². The Bertz CT molecular complexity index is 673. The summed E-state index contributed by atoms with van der Waals surface area (Å²) in [6, 6.07) is 9.67. The Balaban J connectivity index is 1.45. The van der Waals surface area contributed by atoms with E-state index in [1.54, 1.807) is 10.9 Å². The third-order valence-electron chi connectivity index (χ3n) is 4.52. The van der Waals surface area contributed by atoms with E-state index >= 15 is 0 Å². The topological polar surface area (TPSA) is 46.9 Å². The summed E-state index contributed by atoms with van der Waals surface area (Å²) >= 11 is 0. The molecule has 0 radical (unpaired) electrons. The summed E-state index contributed by atoms with van der Waals surface area (Å²) < 4.78 is 1.80. The minimum absolute atomic E-state index is 0.144. The van der Waals surface area contributed by atoms with Crippen LogP contribution in [0.1, 0.15) is 12.8 Å². The van der Waals surface area contributed by atoms with E-state index in [-0.39, 0.29) is 11.8 Å². The van der Waals surface area contributed by atoms with Crippen LogP contribution in [0.25, 0.3) is 5.69 Å². The van der Waals surface area contributed by atoms with Gasteiger partial charge in [0, 0.05) is 24.0 Å². The van der Waals surface area contributed by atoms with Gasteiger partial charge in [-0.2, -0.15) is 5.10 Å². The number of aromatic nitrogens is 2. The minimum atomic E-state index is 0.144. The molecule has 4 nitrogen and oxygen atoms in total. The molecule has 0 spiro atoms. The number of hydrogen-bond donors (Lipinski definition) is 1. The summed E-state index contributed by atoms with van der Waals surface area (Å²) in [5, 5.41) is 7.23. The Morgan fingerprint density at radius 1 is 1.19 bits per heavy atom. The fourth-order valence-corrected chi connectivity index (χ4v) is 3.44. The Labute approximate surface area is 123 Å². The number of amides is 1. The fraction of sp³-hybridized carbons (Fsp3) is 0.294. The van der Waals surface area contributed by atoms with Gasteiger partial charge in [-0.3, -0.25) is 4.79 Å². The largest absolute Gasteiger partial charge is 0.326 e. The molecule has 2 aliphatic carbocycles. The lowest BCUT2D eigenvalue weighted by Crippen LogP contribution is -2.25. The van der Waals surface area contributed by atoms with Crippen molar-refractivity contribution in [1.29, 1.82) is 0 Å². The number of benzene rings is 1. The number of nitrogens with one attached hydrogen (secondary N) is 1. The van der Waals surface area contributed by atoms with Crippen molar-refractivity contribution in [2.24, 2.45) is 17.8 Å². The van der Waals surface area contributed by atoms with Gasteiger partial charge in [0.2, 0.25) is 5.91 Å². The van der Waals surface area contributed by atoms with Crippen molar-refractivity contribution in [3.63, 3.8) is 0 Å². The summed E-state index contributed by atoms with van der Waals surface area (Å²) in [5.41, 5.74) is 1.84. The van der Waals surface area contributed by atoms with E-state index in [1.807, 2.05) is 36.5 Å². The maximum absolute atomic E-state index is 12.4. The molecule has 3 unspecified atom stereocenters. The zero-order valence-corrected chi connectivity index (χ0v) is 11.6. The smallest absolute Gasteiger partial charge is 0.228 e. The zero-order chi connectivity index (χ0) is 14.2. The predicted molar refractivity (Wildman–Crippen MR) is 81.0 cm³/mol. The van der Waals surface area contributed by atoms with Crippen LogP contribution in [0.15, 0.2) is 54.9 Å². The van der Waals surface area contributed by atoms with Gasteiger partial charge in [-0.15, -0.1) is 0 Å². The van der Waals surface area contributed by atoms with Crippen LogP contribution >= 0.6 is 0 Å². The highest BCUT2D eigenvalue weighted by Crippen LogP contribution is 2.43. The van der Waals surface area contributed by atoms with Crippen LogP contribution in [0.3, 0.4) is 0 Å². The van der Waals surface area contributed by atoms with Crippen LogP contribution in [-0.4, -0.2) is 15.7 Å². The van der Waals surface area contributed by atoms with Crippen LogP contribution in [-0.2, 0) is 4.79 Å². The fourth-order valence-electron chi connectivity index (χ4n) is 3.44. The summed E-state index contributed by atoms with van der Waals surface area (Å²) in [6.45, 7) is 0. The second kappa shape index (κ2) is 4.88. The SMILES string of the molecule is O=C(Nc1ccc(-n2cccn2)cc1)C1CC2C=CC1C2. The lowest BCUT2D eigenvalue weighted by molar-refractivity contribution is -0.120. The molecule has 106 valence electrons. The average Bonchev–Trinajstić information content (AvgIpc) is 3.25. The van der Waals surface area contributed by atoms with Crippen LogP contribution in [0.4, 0.5) is 5.69 Å². The number of carbonyl (C=O) groups excluding carboxylic acids is 1. The first-order chi connectivity index (χ1) is 10.3. The number of fused-ring (bicyclic) bond motifs is 2. The summed E-state index contributed by atoms with van der Waals surface area (Å²) in [4.78, 5) is 12.4. The van der Waals surface area contributed by atoms with Crippen molar-refractivity contribution in [3.8, 4) is 5.69 Å². The third-order valence-corrected chi connectivity index (χ3v) is 4.52. The van der Waals surface area contributed by atoms with Gasteiger partial charge in [0.1, 0.15) is 0 Å². The molecule has 2 aromatic rings. The Morgan fingerprint density at radius 3 is 2.67 bits per heavy atom. The monoisotopic (exact) mass is 279 g/mol. The van der Waals surface area contributed by atoms with E-state index < -0.39 is 0 Å². The van der Waals surface area contributed by atoms with E-state index in [1.165, 1.54) is 0 Å². The molecule has 4 rings (SSSR count). The average molecular weight is 279 g/mol. The molecule has 1 fully saturated rings. The van der Waals surface area contributed by atoms with Gasteiger partial charge in [-0.05, 0) is 55.0 Å². The van der Waals surface area contributed by atoms with E-state index in [0.29, 0.717) is 11.8 Å². The number of rotatable bonds is 3. The highest BCUT2D eigenvalue weighted by molar-refractivity contribution is 5.93. The molecule has 0 saturated heterocycles. The standard InChI is InChI=1S/C17H17N3O/c21-17(16-11-12-2-3-13(16)10-12)19-14-4-6-15(7-5-14)20-9-1-8-18-20/h1-9,12-13,16H,10-11H2,(H,19,21). The van der Waals surface area contributed by atoms with Gasteiger partial charge in [0.25, 0.3) is 0 Å². The van der Waals surface area contributed by atoms with E-state index in [4.69, 9.17) is 0 Å². The molecule has 1 N–H and O–H groups in total. The summed E-state index contributed by atoms with van der Waals surface area (Å²) in [7, 11) is 0. The first-order valence-corrected chi connectivity index (χ1v) is 7.39. The van der Waals surface area contributed by atoms with Crippen molar-refractivity contribution in [1.82, 2.24) is 9.78 Å². The van der Waals surface area contributed by atoms with Gasteiger partial charge < -0.3 is 5.32 Å². The van der Waals surface area contributed by atoms with Gasteiger partial charge >= 0.3 is 0 Å². The van der Waals surface area contributed by atoms with Crippen molar-refractivity contribution in [2.45, 2.75) is 12.8 Å². The highest BCUT2D eigenvalue weighted by atomic mass is 16.1.